The van der Waals surface area contributed by atoms with Gasteiger partial charge in [0.15, 0.2) is 0 Å². The molecule has 23 heavy (non-hydrogen) atoms. The molecule has 2 N–H and O–H groups in total. The number of carboxylic acid groups (broad SMARTS) is 1. The zero-order valence-electron chi connectivity index (χ0n) is 12.3. The van der Waals surface area contributed by atoms with Gasteiger partial charge in [-0.2, -0.15) is 0 Å². The lowest BCUT2D eigenvalue weighted by atomic mass is 10.0. The van der Waals surface area contributed by atoms with Crippen LogP contribution in [0.2, 0.25) is 0 Å². The molecule has 120 valence electrons. The van der Waals surface area contributed by atoms with Crippen LogP contribution in [0.3, 0.4) is 0 Å². The maximum absolute atomic E-state index is 12.7. The van der Waals surface area contributed by atoms with E-state index in [0.29, 0.717) is 12.1 Å². The smallest absolute Gasteiger partial charge is 0.335 e. The first kappa shape index (κ1) is 15.2. The van der Waals surface area contributed by atoms with Gasteiger partial charge in [0, 0.05) is 17.7 Å². The van der Waals surface area contributed by atoms with Crippen molar-refractivity contribution in [2.75, 3.05) is 13.2 Å². The number of aromatic carboxylic acids is 1. The zero-order valence-corrected chi connectivity index (χ0v) is 12.3. The normalized spacial score (nSPS) is 17.4. The van der Waals surface area contributed by atoms with Gasteiger partial charge in [0.1, 0.15) is 6.26 Å². The fraction of sp³-hybridized carbons (Fsp3) is 0.312. The van der Waals surface area contributed by atoms with Gasteiger partial charge in [0.05, 0.1) is 24.4 Å². The highest BCUT2D eigenvalue weighted by molar-refractivity contribution is 5.99. The number of likely N-dealkylation sites (tertiary alicyclic amines) is 1. The Kier molecular flexibility index (Phi) is 4.12. The highest BCUT2D eigenvalue weighted by Crippen LogP contribution is 2.25. The molecule has 1 aromatic heterocycles. The van der Waals surface area contributed by atoms with E-state index in [1.807, 2.05) is 0 Å². The molecule has 0 aliphatic carbocycles. The zero-order chi connectivity index (χ0) is 16.4. The number of aliphatic hydroxyl groups excluding tert-OH is 1. The van der Waals surface area contributed by atoms with Crippen LogP contribution in [0, 0.1) is 0 Å². The fourth-order valence-electron chi connectivity index (χ4n) is 2.82. The van der Waals surface area contributed by atoms with Crippen LogP contribution in [-0.2, 0) is 0 Å². The van der Waals surface area contributed by atoms with Crippen LogP contribution in [0.25, 0.3) is 11.5 Å². The maximum atomic E-state index is 12.7. The lowest BCUT2D eigenvalue weighted by Gasteiger charge is -2.23. The van der Waals surface area contributed by atoms with Crippen LogP contribution < -0.4 is 0 Å². The van der Waals surface area contributed by atoms with Crippen molar-refractivity contribution in [3.8, 4) is 11.5 Å². The van der Waals surface area contributed by atoms with E-state index in [-0.39, 0.29) is 35.6 Å². The number of hydrogen-bond donors (Lipinski definition) is 2. The molecule has 0 saturated carbocycles. The fourth-order valence-corrected chi connectivity index (χ4v) is 2.82. The minimum absolute atomic E-state index is 0.0104. The summed E-state index contributed by atoms with van der Waals surface area (Å²) in [7, 11) is 0. The van der Waals surface area contributed by atoms with Crippen molar-refractivity contribution in [2.45, 2.75) is 18.9 Å². The number of amides is 1. The molecule has 0 spiro atoms. The van der Waals surface area contributed by atoms with E-state index in [4.69, 9.17) is 4.42 Å². The van der Waals surface area contributed by atoms with Crippen LogP contribution in [0.1, 0.15) is 33.6 Å². The van der Waals surface area contributed by atoms with Crippen molar-refractivity contribution in [1.29, 1.82) is 0 Å². The number of carboxylic acids is 1. The van der Waals surface area contributed by atoms with Crippen LogP contribution in [0.5, 0.6) is 0 Å². The largest absolute Gasteiger partial charge is 0.478 e. The molecule has 7 heteroatoms. The molecule has 0 bridgehead atoms. The Bertz CT molecular complexity index is 726. The maximum Gasteiger partial charge on any atom is 0.335 e. The number of aliphatic hydroxyl groups is 1. The number of carbonyl (C=O) groups is 2. The molecule has 0 radical (unpaired) electrons. The second-order valence-electron chi connectivity index (χ2n) is 5.42. The first-order valence-corrected chi connectivity index (χ1v) is 7.30. The summed E-state index contributed by atoms with van der Waals surface area (Å²) < 4.78 is 5.19. The standard InChI is InChI=1S/C16H16N2O5/c19-9-13-2-1-4-18(13)15(20)11-6-10(14-17-3-5-23-14)7-12(8-11)16(21)22/h3,5-8,13,19H,1-2,4,9H2,(H,21,22)/t13-/m1/s1. The first-order chi connectivity index (χ1) is 11.1. The van der Waals surface area contributed by atoms with E-state index >= 15 is 0 Å². The van der Waals surface area contributed by atoms with Crippen LogP contribution >= 0.6 is 0 Å². The molecular weight excluding hydrogens is 300 g/mol. The van der Waals surface area contributed by atoms with Crippen molar-refractivity contribution in [3.63, 3.8) is 0 Å². The van der Waals surface area contributed by atoms with Gasteiger partial charge < -0.3 is 19.5 Å². The third-order valence-corrected chi connectivity index (χ3v) is 3.95. The quantitative estimate of drug-likeness (QED) is 0.888. The van der Waals surface area contributed by atoms with Crippen LogP contribution in [-0.4, -0.2) is 51.2 Å². The van der Waals surface area contributed by atoms with Gasteiger partial charge in [0.2, 0.25) is 5.89 Å². The topological polar surface area (TPSA) is 104 Å². The Morgan fingerprint density at radius 2 is 2.09 bits per heavy atom. The molecule has 1 fully saturated rings. The first-order valence-electron chi connectivity index (χ1n) is 7.30. The van der Waals surface area contributed by atoms with E-state index in [1.165, 1.54) is 24.6 Å². The summed E-state index contributed by atoms with van der Waals surface area (Å²) >= 11 is 0. The summed E-state index contributed by atoms with van der Waals surface area (Å²) in [5.74, 6) is -1.17. The molecule has 1 atom stereocenters. The Labute approximate surface area is 132 Å². The van der Waals surface area contributed by atoms with Gasteiger partial charge in [-0.3, -0.25) is 4.79 Å². The minimum Gasteiger partial charge on any atom is -0.478 e. The van der Waals surface area contributed by atoms with E-state index in [0.717, 1.165) is 12.8 Å². The molecular formula is C16H16N2O5. The summed E-state index contributed by atoms with van der Waals surface area (Å²) in [6.45, 7) is 0.451. The van der Waals surface area contributed by atoms with Gasteiger partial charge in [-0.25, -0.2) is 9.78 Å². The molecule has 1 amide bonds. The van der Waals surface area contributed by atoms with Gasteiger partial charge in [0.25, 0.3) is 5.91 Å². The molecule has 1 aliphatic rings. The highest BCUT2D eigenvalue weighted by atomic mass is 16.4. The van der Waals surface area contributed by atoms with Crippen LogP contribution in [0.4, 0.5) is 0 Å². The second kappa shape index (κ2) is 6.21. The predicted octanol–water partition coefficient (Wildman–Crippen LogP) is 1.64. The van der Waals surface area contributed by atoms with Crippen LogP contribution in [0.15, 0.2) is 35.1 Å². The number of aromatic nitrogens is 1. The molecule has 7 nitrogen and oxygen atoms in total. The summed E-state index contributed by atoms with van der Waals surface area (Å²) in [4.78, 5) is 29.6. The predicted molar refractivity (Wildman–Crippen MR) is 80.0 cm³/mol. The monoisotopic (exact) mass is 316 g/mol. The lowest BCUT2D eigenvalue weighted by molar-refractivity contribution is 0.0677. The van der Waals surface area contributed by atoms with Crippen molar-refractivity contribution >= 4 is 11.9 Å². The van der Waals surface area contributed by atoms with Gasteiger partial charge in [-0.15, -0.1) is 0 Å². The average molecular weight is 316 g/mol. The third-order valence-electron chi connectivity index (χ3n) is 3.95. The van der Waals surface area contributed by atoms with Gasteiger partial charge in [-0.1, -0.05) is 0 Å². The van der Waals surface area contributed by atoms with Gasteiger partial charge in [-0.05, 0) is 31.0 Å². The Balaban J connectivity index is 2.01. The number of benzene rings is 1. The van der Waals surface area contributed by atoms with Gasteiger partial charge >= 0.3 is 5.97 Å². The number of oxazole rings is 1. The molecule has 2 heterocycles. The van der Waals surface area contributed by atoms with E-state index in [9.17, 15) is 19.8 Å². The van der Waals surface area contributed by atoms with Crippen molar-refractivity contribution in [1.82, 2.24) is 9.88 Å². The number of rotatable bonds is 4. The summed E-state index contributed by atoms with van der Waals surface area (Å²) in [6.07, 6.45) is 4.40. The second-order valence-corrected chi connectivity index (χ2v) is 5.42. The molecule has 0 unspecified atom stereocenters. The SMILES string of the molecule is O=C(O)c1cc(C(=O)N2CCC[C@@H]2CO)cc(-c2ncco2)c1. The third kappa shape index (κ3) is 2.95. The molecule has 1 saturated heterocycles. The average Bonchev–Trinajstić information content (AvgIpc) is 3.24. The lowest BCUT2D eigenvalue weighted by Crippen LogP contribution is -2.37. The number of hydrogen-bond acceptors (Lipinski definition) is 5. The molecule has 1 aromatic carbocycles. The Morgan fingerprint density at radius 1 is 1.30 bits per heavy atom. The summed E-state index contributed by atoms with van der Waals surface area (Å²) in [6, 6.07) is 4.09. The highest BCUT2D eigenvalue weighted by Gasteiger charge is 2.29. The minimum atomic E-state index is -1.13. The van der Waals surface area contributed by atoms with E-state index < -0.39 is 5.97 Å². The molecule has 2 aromatic rings. The molecule has 1 aliphatic heterocycles. The van der Waals surface area contributed by atoms with Crippen molar-refractivity contribution < 1.29 is 24.2 Å². The summed E-state index contributed by atoms with van der Waals surface area (Å²) in [5, 5.41) is 18.6. The Hall–Kier alpha value is -2.67. The van der Waals surface area contributed by atoms with Crippen molar-refractivity contribution in [2.24, 2.45) is 0 Å². The number of nitrogens with zero attached hydrogens (tertiary/aromatic N) is 2. The van der Waals surface area contributed by atoms with Crippen molar-refractivity contribution in [3.05, 3.63) is 41.8 Å². The molecule has 3 rings (SSSR count). The Morgan fingerprint density at radius 3 is 2.74 bits per heavy atom. The van der Waals surface area contributed by atoms with E-state index in [1.54, 1.807) is 11.0 Å². The summed E-state index contributed by atoms with van der Waals surface area (Å²) in [5.41, 5.74) is 0.667. The number of carbonyl (C=O) groups excluding carboxylic acids is 1. The van der Waals surface area contributed by atoms with E-state index in [2.05, 4.69) is 4.98 Å².